The van der Waals surface area contributed by atoms with Gasteiger partial charge in [0.05, 0.1) is 23.7 Å². The van der Waals surface area contributed by atoms with E-state index in [9.17, 15) is 13.2 Å². The summed E-state index contributed by atoms with van der Waals surface area (Å²) in [5.74, 6) is 0.284. The molecular weight excluding hydrogens is 434 g/mol. The van der Waals surface area contributed by atoms with Crippen molar-refractivity contribution < 1.29 is 17.9 Å². The van der Waals surface area contributed by atoms with E-state index in [0.29, 0.717) is 17.0 Å². The summed E-state index contributed by atoms with van der Waals surface area (Å²) < 4.78 is 34.9. The van der Waals surface area contributed by atoms with Crippen LogP contribution in [0, 0.1) is 6.92 Å². The third-order valence-corrected chi connectivity index (χ3v) is 7.58. The Balaban J connectivity index is 2.04. The quantitative estimate of drug-likeness (QED) is 0.464. The van der Waals surface area contributed by atoms with Crippen LogP contribution in [0.15, 0.2) is 89.8 Å². The van der Waals surface area contributed by atoms with E-state index in [2.05, 4.69) is 6.58 Å². The second kappa shape index (κ2) is 8.71. The van der Waals surface area contributed by atoms with Gasteiger partial charge in [-0.2, -0.15) is 0 Å². The number of aryl methyl sites for hydroxylation is 1. The largest absolute Gasteiger partial charge is 0.497 e. The molecule has 1 atom stereocenters. The molecule has 0 N–H and O–H groups in total. The summed E-state index contributed by atoms with van der Waals surface area (Å²) >= 11 is 0. The zero-order valence-electron chi connectivity index (χ0n) is 18.8. The van der Waals surface area contributed by atoms with Crippen LogP contribution in [0.4, 0.5) is 0 Å². The van der Waals surface area contributed by atoms with Crippen LogP contribution in [0.2, 0.25) is 0 Å². The van der Waals surface area contributed by atoms with Crippen LogP contribution in [0.5, 0.6) is 5.75 Å². The smallest absolute Gasteiger partial charge is 0.265 e. The Morgan fingerprint density at radius 3 is 2.27 bits per heavy atom. The van der Waals surface area contributed by atoms with Crippen molar-refractivity contribution in [2.24, 2.45) is 0 Å². The minimum atomic E-state index is -4.05. The third-order valence-electron chi connectivity index (χ3n) is 5.78. The van der Waals surface area contributed by atoms with E-state index in [1.54, 1.807) is 37.4 Å². The predicted molar refractivity (Wildman–Crippen MR) is 130 cm³/mol. The number of sulfonamides is 1. The van der Waals surface area contributed by atoms with E-state index < -0.39 is 16.1 Å². The van der Waals surface area contributed by atoms with Crippen LogP contribution in [0.3, 0.4) is 0 Å². The van der Waals surface area contributed by atoms with E-state index in [-0.39, 0.29) is 16.3 Å². The fourth-order valence-corrected chi connectivity index (χ4v) is 5.60. The van der Waals surface area contributed by atoms with E-state index in [0.717, 1.165) is 16.7 Å². The average molecular weight is 460 g/mol. The van der Waals surface area contributed by atoms with Gasteiger partial charge in [-0.25, -0.2) is 8.42 Å². The summed E-state index contributed by atoms with van der Waals surface area (Å²) in [5.41, 5.74) is 3.77. The van der Waals surface area contributed by atoms with Crippen molar-refractivity contribution in [1.29, 1.82) is 0 Å². The highest BCUT2D eigenvalue weighted by molar-refractivity contribution is 7.89. The first kappa shape index (κ1) is 22.6. The minimum Gasteiger partial charge on any atom is -0.497 e. The number of carbonyl (C=O) groups excluding carboxylic acids is 1. The Bertz CT molecular complexity index is 1360. The lowest BCUT2D eigenvalue weighted by Crippen LogP contribution is -2.37. The summed E-state index contributed by atoms with van der Waals surface area (Å²) in [6.45, 7) is 7.31. The number of ether oxygens (including phenoxy) is 1. The molecule has 168 valence electrons. The van der Waals surface area contributed by atoms with Gasteiger partial charge in [0.15, 0.2) is 5.78 Å². The van der Waals surface area contributed by atoms with Gasteiger partial charge < -0.3 is 4.74 Å². The van der Waals surface area contributed by atoms with Crippen LogP contribution in [-0.2, 0) is 14.8 Å². The van der Waals surface area contributed by atoms with Crippen LogP contribution in [-0.4, -0.2) is 25.6 Å². The lowest BCUT2D eigenvalue weighted by atomic mass is 9.88. The topological polar surface area (TPSA) is 63.7 Å². The monoisotopic (exact) mass is 459 g/mol. The zero-order valence-corrected chi connectivity index (χ0v) is 19.6. The summed E-state index contributed by atoms with van der Waals surface area (Å²) in [5, 5.41) is 0. The molecule has 33 heavy (non-hydrogen) atoms. The maximum absolute atomic E-state index is 14.1. The zero-order chi connectivity index (χ0) is 23.8. The van der Waals surface area contributed by atoms with Gasteiger partial charge in [0, 0.05) is 5.57 Å². The van der Waals surface area contributed by atoms with Crippen molar-refractivity contribution in [3.05, 3.63) is 107 Å². The molecule has 0 saturated carbocycles. The molecule has 0 amide bonds. The third kappa shape index (κ3) is 4.10. The van der Waals surface area contributed by atoms with Gasteiger partial charge in [-0.1, -0.05) is 60.7 Å². The summed E-state index contributed by atoms with van der Waals surface area (Å²) in [7, 11) is -2.51. The van der Waals surface area contributed by atoms with Gasteiger partial charge in [-0.15, -0.1) is 0 Å². The Hall–Kier alpha value is -3.64. The van der Waals surface area contributed by atoms with Crippen LogP contribution >= 0.6 is 0 Å². The standard InChI is InChI=1S/C27H25NO4S/c1-18-10-14-24(15-11-18)33(30,31)28-26(21-8-6-5-7-9-21)16-22-12-13-23(32-4)17-25(22)27(28)19(2)20(3)29/h5-17,27H,2H2,1,3-4H3/t27-/m1/s1. The van der Waals surface area contributed by atoms with E-state index >= 15 is 0 Å². The molecule has 0 aliphatic carbocycles. The molecule has 3 aromatic rings. The number of hydrogen-bond acceptors (Lipinski definition) is 4. The maximum Gasteiger partial charge on any atom is 0.265 e. The van der Waals surface area contributed by atoms with E-state index in [1.165, 1.54) is 11.2 Å². The Kier molecular flexibility index (Phi) is 5.95. The highest BCUT2D eigenvalue weighted by Gasteiger charge is 2.40. The molecule has 1 aliphatic rings. The van der Waals surface area contributed by atoms with Crippen molar-refractivity contribution in [1.82, 2.24) is 4.31 Å². The average Bonchev–Trinajstić information content (AvgIpc) is 2.82. The highest BCUT2D eigenvalue weighted by Crippen LogP contribution is 2.46. The first-order chi connectivity index (χ1) is 15.7. The van der Waals surface area contributed by atoms with Gasteiger partial charge in [0.2, 0.25) is 0 Å². The number of hydrogen-bond donors (Lipinski definition) is 0. The molecule has 0 bridgehead atoms. The molecule has 1 aliphatic heterocycles. The molecule has 0 unspecified atom stereocenters. The van der Waals surface area contributed by atoms with Gasteiger partial charge in [-0.05, 0) is 60.9 Å². The molecule has 5 nitrogen and oxygen atoms in total. The van der Waals surface area contributed by atoms with Gasteiger partial charge >= 0.3 is 0 Å². The molecule has 3 aromatic carbocycles. The number of Topliss-reactive ketones (excluding diaryl/α,β-unsaturated/α-hetero) is 1. The Morgan fingerprint density at radius 1 is 1.00 bits per heavy atom. The summed E-state index contributed by atoms with van der Waals surface area (Å²) in [6.07, 6.45) is 1.83. The maximum atomic E-state index is 14.1. The molecule has 0 saturated heterocycles. The first-order valence-electron chi connectivity index (χ1n) is 10.5. The molecule has 6 heteroatoms. The Morgan fingerprint density at radius 2 is 1.67 bits per heavy atom. The molecule has 0 fully saturated rings. The molecular formula is C27H25NO4S. The minimum absolute atomic E-state index is 0.141. The van der Waals surface area contributed by atoms with Crippen LogP contribution in [0.25, 0.3) is 11.8 Å². The number of rotatable bonds is 6. The number of benzene rings is 3. The predicted octanol–water partition coefficient (Wildman–Crippen LogP) is 5.39. The van der Waals surface area contributed by atoms with Gasteiger partial charge in [-0.3, -0.25) is 9.10 Å². The number of methoxy groups -OCH3 is 1. The lowest BCUT2D eigenvalue weighted by Gasteiger charge is -2.39. The number of ketones is 1. The second-order valence-electron chi connectivity index (χ2n) is 7.99. The molecule has 0 aromatic heterocycles. The molecule has 0 radical (unpaired) electrons. The van der Waals surface area contributed by atoms with Crippen molar-refractivity contribution in [3.63, 3.8) is 0 Å². The highest BCUT2D eigenvalue weighted by atomic mass is 32.2. The summed E-state index contributed by atoms with van der Waals surface area (Å²) in [4.78, 5) is 12.7. The van der Waals surface area contributed by atoms with E-state index in [1.807, 2.05) is 55.5 Å². The normalized spacial score (nSPS) is 15.4. The number of fused-ring (bicyclic) bond motifs is 1. The van der Waals surface area contributed by atoms with Crippen molar-refractivity contribution in [2.45, 2.75) is 24.8 Å². The van der Waals surface area contributed by atoms with Gasteiger partial charge in [0.25, 0.3) is 10.0 Å². The Labute approximate surface area is 194 Å². The van der Waals surface area contributed by atoms with Crippen molar-refractivity contribution in [3.8, 4) is 5.75 Å². The van der Waals surface area contributed by atoms with Crippen LogP contribution < -0.4 is 4.74 Å². The second-order valence-corrected chi connectivity index (χ2v) is 9.80. The number of nitrogens with zero attached hydrogens (tertiary/aromatic N) is 1. The van der Waals surface area contributed by atoms with Crippen LogP contribution in [0.1, 0.15) is 35.2 Å². The summed E-state index contributed by atoms with van der Waals surface area (Å²) in [6, 6.07) is 20.5. The van der Waals surface area contributed by atoms with Crippen molar-refractivity contribution in [2.75, 3.05) is 7.11 Å². The first-order valence-corrected chi connectivity index (χ1v) is 11.9. The SMILES string of the molecule is C=C(C(C)=O)[C@@H]1c2cc(OC)ccc2C=C(c2ccccc2)N1S(=O)(=O)c1ccc(C)cc1. The fourth-order valence-electron chi connectivity index (χ4n) is 3.96. The van der Waals surface area contributed by atoms with Crippen molar-refractivity contribution >= 4 is 27.6 Å². The van der Waals surface area contributed by atoms with Gasteiger partial charge in [0.1, 0.15) is 5.75 Å². The molecule has 1 heterocycles. The molecule has 0 spiro atoms. The molecule has 4 rings (SSSR count). The number of carbonyl (C=O) groups is 1. The van der Waals surface area contributed by atoms with E-state index in [4.69, 9.17) is 4.74 Å². The fraction of sp³-hybridized carbons (Fsp3) is 0.148. The lowest BCUT2D eigenvalue weighted by molar-refractivity contribution is -0.114.